The zero-order chi connectivity index (χ0) is 13.7. The molecule has 1 heterocycles. The van der Waals surface area contributed by atoms with E-state index < -0.39 is 0 Å². The number of hydrogen-bond donors (Lipinski definition) is 1. The summed E-state index contributed by atoms with van der Waals surface area (Å²) < 4.78 is 5.81. The van der Waals surface area contributed by atoms with Crippen molar-refractivity contribution in [1.82, 2.24) is 4.90 Å². The van der Waals surface area contributed by atoms with Gasteiger partial charge in [0.2, 0.25) is 0 Å². The minimum atomic E-state index is 0.261. The van der Waals surface area contributed by atoms with Crippen molar-refractivity contribution < 1.29 is 9.84 Å². The summed E-state index contributed by atoms with van der Waals surface area (Å²) in [6.45, 7) is 8.50. The quantitative estimate of drug-likeness (QED) is 0.841. The Morgan fingerprint density at radius 2 is 2.21 bits per heavy atom. The van der Waals surface area contributed by atoms with Crippen molar-refractivity contribution in [3.63, 3.8) is 0 Å². The molecule has 3 nitrogen and oxygen atoms in total. The summed E-state index contributed by atoms with van der Waals surface area (Å²) in [6.07, 6.45) is 0.261. The molecule has 1 aromatic carbocycles. The molecule has 0 saturated carbocycles. The van der Waals surface area contributed by atoms with E-state index in [0.29, 0.717) is 11.7 Å². The fourth-order valence-electron chi connectivity index (χ4n) is 2.33. The highest BCUT2D eigenvalue weighted by Gasteiger charge is 2.21. The van der Waals surface area contributed by atoms with Crippen molar-refractivity contribution in [3.8, 4) is 5.75 Å². The van der Waals surface area contributed by atoms with Crippen LogP contribution in [-0.4, -0.2) is 48.1 Å². The minimum absolute atomic E-state index is 0.261. The third kappa shape index (κ3) is 4.71. The number of hydrogen-bond acceptors (Lipinski definition) is 4. The highest BCUT2D eigenvalue weighted by Crippen LogP contribution is 2.29. The molecular formula is C15H23NO2S. The average Bonchev–Trinajstić information content (AvgIpc) is 2.37. The van der Waals surface area contributed by atoms with Gasteiger partial charge in [-0.05, 0) is 18.1 Å². The Balaban J connectivity index is 1.81. The van der Waals surface area contributed by atoms with Crippen molar-refractivity contribution in [2.45, 2.75) is 24.8 Å². The molecule has 1 N–H and O–H groups in total. The number of rotatable bonds is 5. The maximum Gasteiger partial charge on any atom is 0.129 e. The van der Waals surface area contributed by atoms with Gasteiger partial charge in [0, 0.05) is 30.3 Å². The van der Waals surface area contributed by atoms with Gasteiger partial charge in [-0.3, -0.25) is 4.90 Å². The largest absolute Gasteiger partial charge is 0.507 e. The number of phenols is 1. The average molecular weight is 281 g/mol. The molecule has 1 saturated heterocycles. The Morgan fingerprint density at radius 3 is 2.95 bits per heavy atom. The number of para-hydroxylation sites is 1. The third-order valence-corrected chi connectivity index (χ3v) is 4.33. The number of ether oxygens (including phenoxy) is 1. The lowest BCUT2D eigenvalue weighted by Gasteiger charge is -2.33. The van der Waals surface area contributed by atoms with Crippen LogP contribution >= 0.6 is 11.8 Å². The molecule has 0 bridgehead atoms. The molecule has 0 spiro atoms. The summed E-state index contributed by atoms with van der Waals surface area (Å²) >= 11 is 1.67. The van der Waals surface area contributed by atoms with E-state index in [1.165, 1.54) is 0 Å². The highest BCUT2D eigenvalue weighted by molar-refractivity contribution is 7.99. The van der Waals surface area contributed by atoms with Crippen molar-refractivity contribution in [1.29, 1.82) is 0 Å². The summed E-state index contributed by atoms with van der Waals surface area (Å²) in [4.78, 5) is 3.41. The first-order valence-electron chi connectivity index (χ1n) is 6.90. The Morgan fingerprint density at radius 1 is 1.42 bits per heavy atom. The molecule has 1 aliphatic heterocycles. The van der Waals surface area contributed by atoms with Crippen LogP contribution in [0.5, 0.6) is 5.75 Å². The van der Waals surface area contributed by atoms with Gasteiger partial charge < -0.3 is 9.84 Å². The summed E-state index contributed by atoms with van der Waals surface area (Å²) in [7, 11) is 0. The third-order valence-electron chi connectivity index (χ3n) is 3.14. The number of thioether (sulfide) groups is 1. The van der Waals surface area contributed by atoms with Gasteiger partial charge in [0.1, 0.15) is 5.75 Å². The topological polar surface area (TPSA) is 32.7 Å². The zero-order valence-corrected chi connectivity index (χ0v) is 12.5. The van der Waals surface area contributed by atoms with Crippen LogP contribution in [0, 0.1) is 5.92 Å². The molecule has 2 rings (SSSR count). The van der Waals surface area contributed by atoms with Gasteiger partial charge in [-0.2, -0.15) is 0 Å². The van der Waals surface area contributed by atoms with Crippen LogP contribution in [0.4, 0.5) is 0 Å². The maximum atomic E-state index is 9.74. The highest BCUT2D eigenvalue weighted by atomic mass is 32.2. The monoisotopic (exact) mass is 281 g/mol. The van der Waals surface area contributed by atoms with Crippen LogP contribution < -0.4 is 0 Å². The molecule has 1 unspecified atom stereocenters. The normalized spacial score (nSPS) is 20.9. The molecule has 106 valence electrons. The van der Waals surface area contributed by atoms with Crippen LogP contribution in [0.1, 0.15) is 13.8 Å². The van der Waals surface area contributed by atoms with Gasteiger partial charge in [0.25, 0.3) is 0 Å². The first kappa shape index (κ1) is 14.7. The Kier molecular flexibility index (Phi) is 5.55. The predicted octanol–water partition coefficient (Wildman–Crippen LogP) is 2.84. The van der Waals surface area contributed by atoms with Gasteiger partial charge in [-0.25, -0.2) is 0 Å². The number of aromatic hydroxyl groups is 1. The molecule has 0 amide bonds. The van der Waals surface area contributed by atoms with Crippen LogP contribution in [0.2, 0.25) is 0 Å². The second kappa shape index (κ2) is 7.17. The Hall–Kier alpha value is -0.710. The van der Waals surface area contributed by atoms with Crippen molar-refractivity contribution >= 4 is 11.8 Å². The molecule has 1 aromatic rings. The molecular weight excluding hydrogens is 258 g/mol. The Labute approximate surface area is 120 Å². The second-order valence-corrected chi connectivity index (χ2v) is 6.49. The fourth-order valence-corrected chi connectivity index (χ4v) is 3.28. The van der Waals surface area contributed by atoms with E-state index in [4.69, 9.17) is 4.74 Å². The van der Waals surface area contributed by atoms with E-state index in [1.807, 2.05) is 18.2 Å². The zero-order valence-electron chi connectivity index (χ0n) is 11.7. The van der Waals surface area contributed by atoms with E-state index in [9.17, 15) is 5.11 Å². The fraction of sp³-hybridized carbons (Fsp3) is 0.600. The van der Waals surface area contributed by atoms with Gasteiger partial charge in [-0.15, -0.1) is 11.8 Å². The van der Waals surface area contributed by atoms with Gasteiger partial charge in [0.05, 0.1) is 12.7 Å². The lowest BCUT2D eigenvalue weighted by Crippen LogP contribution is -2.44. The number of morpholine rings is 1. The van der Waals surface area contributed by atoms with Gasteiger partial charge in [-0.1, -0.05) is 26.0 Å². The summed E-state index contributed by atoms with van der Waals surface area (Å²) in [6, 6.07) is 7.49. The molecule has 4 heteroatoms. The lowest BCUT2D eigenvalue weighted by atomic mass is 10.2. The molecule has 19 heavy (non-hydrogen) atoms. The molecule has 0 radical (unpaired) electrons. The van der Waals surface area contributed by atoms with Crippen LogP contribution in [0.25, 0.3) is 0 Å². The van der Waals surface area contributed by atoms with E-state index in [1.54, 1.807) is 17.8 Å². The predicted molar refractivity (Wildman–Crippen MR) is 79.8 cm³/mol. The first-order valence-corrected chi connectivity index (χ1v) is 7.88. The van der Waals surface area contributed by atoms with Crippen molar-refractivity contribution in [2.75, 3.05) is 32.0 Å². The van der Waals surface area contributed by atoms with Gasteiger partial charge in [0.15, 0.2) is 0 Å². The summed E-state index contributed by atoms with van der Waals surface area (Å²) in [5.74, 6) is 1.96. The van der Waals surface area contributed by atoms with E-state index >= 15 is 0 Å². The number of benzene rings is 1. The summed E-state index contributed by atoms with van der Waals surface area (Å²) in [5, 5.41) is 9.74. The summed E-state index contributed by atoms with van der Waals surface area (Å²) in [5.41, 5.74) is 0. The van der Waals surface area contributed by atoms with Crippen LogP contribution in [-0.2, 0) is 4.74 Å². The first-order chi connectivity index (χ1) is 9.15. The maximum absolute atomic E-state index is 9.74. The van der Waals surface area contributed by atoms with Crippen molar-refractivity contribution in [3.05, 3.63) is 24.3 Å². The molecule has 1 fully saturated rings. The smallest absolute Gasteiger partial charge is 0.129 e. The number of phenolic OH excluding ortho intramolecular Hbond substituents is 1. The van der Waals surface area contributed by atoms with E-state index in [-0.39, 0.29) is 6.10 Å². The van der Waals surface area contributed by atoms with E-state index in [0.717, 1.165) is 36.9 Å². The molecule has 1 aliphatic rings. The SMILES string of the molecule is CC(C)CN1CCOC(CSc2ccccc2O)C1. The second-order valence-electron chi connectivity index (χ2n) is 5.42. The Bertz CT molecular complexity index is 397. The standard InChI is InChI=1S/C15H23NO2S/c1-12(2)9-16-7-8-18-13(10-16)11-19-15-6-4-3-5-14(15)17/h3-6,12-13,17H,7-11H2,1-2H3. The van der Waals surface area contributed by atoms with Crippen molar-refractivity contribution in [2.24, 2.45) is 5.92 Å². The molecule has 0 aliphatic carbocycles. The molecule has 1 atom stereocenters. The minimum Gasteiger partial charge on any atom is -0.507 e. The lowest BCUT2D eigenvalue weighted by molar-refractivity contribution is -0.0191. The van der Waals surface area contributed by atoms with Gasteiger partial charge >= 0.3 is 0 Å². The number of nitrogens with zero attached hydrogens (tertiary/aromatic N) is 1. The molecule has 0 aromatic heterocycles. The van der Waals surface area contributed by atoms with E-state index in [2.05, 4.69) is 18.7 Å². The van der Waals surface area contributed by atoms with Crippen LogP contribution in [0.3, 0.4) is 0 Å². The van der Waals surface area contributed by atoms with Crippen LogP contribution in [0.15, 0.2) is 29.2 Å².